The molecule has 0 aliphatic heterocycles. The third-order valence-corrected chi connectivity index (χ3v) is 6.81. The molecule has 34 heavy (non-hydrogen) atoms. The number of nitrogens with two attached hydrogens (primary N) is 1. The van der Waals surface area contributed by atoms with Crippen molar-refractivity contribution in [2.45, 2.75) is 12.0 Å². The largest absolute Gasteiger partial charge is 0.368 e. The Balaban J connectivity index is 1.49. The van der Waals surface area contributed by atoms with E-state index < -0.39 is 11.9 Å². The molecule has 4 nitrogen and oxygen atoms in total. The summed E-state index contributed by atoms with van der Waals surface area (Å²) in [4.78, 5) is 26.7. The van der Waals surface area contributed by atoms with Gasteiger partial charge >= 0.3 is 0 Å². The van der Waals surface area contributed by atoms with Crippen LogP contribution in [-0.4, -0.2) is 17.9 Å². The first-order chi connectivity index (χ1) is 16.6. The highest BCUT2D eigenvalue weighted by atomic mass is 16.2. The Hall–Kier alpha value is -4.44. The van der Waals surface area contributed by atoms with Gasteiger partial charge in [-0.05, 0) is 49.9 Å². The molecule has 164 valence electrons. The van der Waals surface area contributed by atoms with Crippen LogP contribution in [0.25, 0.3) is 32.7 Å². The van der Waals surface area contributed by atoms with Gasteiger partial charge in [0.25, 0.3) is 5.91 Å². The number of primary amides is 1. The Morgan fingerprint density at radius 2 is 1.15 bits per heavy atom. The van der Waals surface area contributed by atoms with Gasteiger partial charge in [-0.3, -0.25) is 9.59 Å². The molecule has 1 aliphatic rings. The third-order valence-electron chi connectivity index (χ3n) is 6.81. The van der Waals surface area contributed by atoms with Crippen LogP contribution in [0.1, 0.15) is 27.4 Å². The van der Waals surface area contributed by atoms with Crippen LogP contribution in [0.5, 0.6) is 0 Å². The molecule has 0 radical (unpaired) electrons. The van der Waals surface area contributed by atoms with E-state index >= 15 is 0 Å². The van der Waals surface area contributed by atoms with Crippen molar-refractivity contribution < 1.29 is 9.59 Å². The third kappa shape index (κ3) is 3.07. The zero-order valence-corrected chi connectivity index (χ0v) is 18.4. The molecular formula is C30H22N2O2. The van der Waals surface area contributed by atoms with E-state index in [-0.39, 0.29) is 11.8 Å². The zero-order chi connectivity index (χ0) is 23.2. The Bertz CT molecular complexity index is 1510. The summed E-state index contributed by atoms with van der Waals surface area (Å²) >= 11 is 0. The highest BCUT2D eigenvalue weighted by Crippen LogP contribution is 2.46. The van der Waals surface area contributed by atoms with Gasteiger partial charge in [0.05, 0.1) is 5.56 Å². The van der Waals surface area contributed by atoms with Gasteiger partial charge in [-0.15, -0.1) is 0 Å². The predicted molar refractivity (Wildman–Crippen MR) is 136 cm³/mol. The summed E-state index contributed by atoms with van der Waals surface area (Å²) < 4.78 is 0. The molecule has 0 spiro atoms. The average molecular weight is 443 g/mol. The Morgan fingerprint density at radius 3 is 1.68 bits per heavy atom. The average Bonchev–Trinajstić information content (AvgIpc) is 3.19. The highest BCUT2D eigenvalue weighted by Gasteiger charge is 2.38. The van der Waals surface area contributed by atoms with Crippen LogP contribution in [0.4, 0.5) is 0 Å². The van der Waals surface area contributed by atoms with Crippen molar-refractivity contribution in [2.75, 3.05) is 0 Å². The van der Waals surface area contributed by atoms with Crippen molar-refractivity contribution in [3.63, 3.8) is 0 Å². The number of carbonyl (C=O) groups is 2. The van der Waals surface area contributed by atoms with Gasteiger partial charge in [-0.2, -0.15) is 0 Å². The van der Waals surface area contributed by atoms with E-state index in [1.54, 1.807) is 0 Å². The summed E-state index contributed by atoms with van der Waals surface area (Å²) in [5.74, 6) is -1.22. The van der Waals surface area contributed by atoms with Crippen LogP contribution in [0.2, 0.25) is 0 Å². The number of benzene rings is 5. The van der Waals surface area contributed by atoms with Gasteiger partial charge in [-0.25, -0.2) is 0 Å². The lowest BCUT2D eigenvalue weighted by molar-refractivity contribution is -0.120. The fourth-order valence-electron chi connectivity index (χ4n) is 5.34. The van der Waals surface area contributed by atoms with Gasteiger partial charge in [0, 0.05) is 5.92 Å². The second kappa shape index (κ2) is 7.85. The highest BCUT2D eigenvalue weighted by molar-refractivity contribution is 6.18. The van der Waals surface area contributed by atoms with Crippen molar-refractivity contribution >= 4 is 33.4 Å². The van der Waals surface area contributed by atoms with Crippen molar-refractivity contribution in [1.82, 2.24) is 5.32 Å². The van der Waals surface area contributed by atoms with E-state index in [4.69, 9.17) is 5.73 Å². The van der Waals surface area contributed by atoms with Crippen molar-refractivity contribution in [3.8, 4) is 11.1 Å². The first-order valence-corrected chi connectivity index (χ1v) is 11.3. The Kier molecular flexibility index (Phi) is 4.66. The maximum Gasteiger partial charge on any atom is 0.253 e. The smallest absolute Gasteiger partial charge is 0.253 e. The van der Waals surface area contributed by atoms with E-state index in [1.165, 1.54) is 0 Å². The number of fused-ring (bicyclic) bond motifs is 5. The molecule has 3 N–H and O–H groups in total. The van der Waals surface area contributed by atoms with Crippen molar-refractivity contribution in [3.05, 3.63) is 120 Å². The van der Waals surface area contributed by atoms with Crippen LogP contribution in [0.15, 0.2) is 103 Å². The Morgan fingerprint density at radius 1 is 0.676 bits per heavy atom. The normalized spacial score (nSPS) is 13.4. The number of amides is 2. The molecule has 5 aromatic carbocycles. The number of hydrogen-bond acceptors (Lipinski definition) is 2. The van der Waals surface area contributed by atoms with E-state index in [0.717, 1.165) is 43.8 Å². The monoisotopic (exact) mass is 442 g/mol. The van der Waals surface area contributed by atoms with E-state index in [9.17, 15) is 9.59 Å². The van der Waals surface area contributed by atoms with Crippen LogP contribution >= 0.6 is 0 Å². The standard InChI is InChI=1S/C30H22N2O2/c31-29(33)28(26-24-15-7-5-13-22(24)23-14-6-8-16-25(23)26)32-30(34)27-20-11-3-1-9-18(20)17-19-10-2-4-12-21(19)27/h1-17,26,28H,(H2,31,33)(H,32,34)/t28-/m1/s1. The van der Waals surface area contributed by atoms with Gasteiger partial charge in [0.15, 0.2) is 0 Å². The van der Waals surface area contributed by atoms with Crippen LogP contribution in [0.3, 0.4) is 0 Å². The second-order valence-electron chi connectivity index (χ2n) is 8.70. The van der Waals surface area contributed by atoms with E-state index in [2.05, 4.69) is 11.4 Å². The summed E-state index contributed by atoms with van der Waals surface area (Å²) in [6.45, 7) is 0. The number of rotatable bonds is 4. The van der Waals surface area contributed by atoms with Gasteiger partial charge in [0.1, 0.15) is 6.04 Å². The lowest BCUT2D eigenvalue weighted by atomic mass is 9.88. The minimum absolute atomic E-state index is 0.307. The maximum atomic E-state index is 13.8. The van der Waals surface area contributed by atoms with E-state index in [0.29, 0.717) is 5.56 Å². The molecule has 0 saturated heterocycles. The molecule has 1 atom stereocenters. The fourth-order valence-corrected chi connectivity index (χ4v) is 5.34. The molecule has 0 bridgehead atoms. The molecular weight excluding hydrogens is 420 g/mol. The topological polar surface area (TPSA) is 72.2 Å². The molecule has 5 aromatic rings. The molecule has 4 heteroatoms. The number of carbonyl (C=O) groups excluding carboxylic acids is 2. The quantitative estimate of drug-likeness (QED) is 0.366. The van der Waals surface area contributed by atoms with Crippen molar-refractivity contribution in [2.24, 2.45) is 5.73 Å². The summed E-state index contributed by atoms with van der Waals surface area (Å²) in [7, 11) is 0. The number of hydrogen-bond donors (Lipinski definition) is 2. The minimum Gasteiger partial charge on any atom is -0.368 e. The number of nitrogens with one attached hydrogen (secondary N) is 1. The first-order valence-electron chi connectivity index (χ1n) is 11.3. The zero-order valence-electron chi connectivity index (χ0n) is 18.4. The maximum absolute atomic E-state index is 13.8. The first kappa shape index (κ1) is 20.2. The van der Waals surface area contributed by atoms with Crippen molar-refractivity contribution in [1.29, 1.82) is 0 Å². The Labute approximate surface area is 197 Å². The molecule has 1 aliphatic carbocycles. The SMILES string of the molecule is NC(=O)[C@H](NC(=O)c1c2ccccc2cc2ccccc12)C1c2ccccc2-c2ccccc21. The lowest BCUT2D eigenvalue weighted by Gasteiger charge is -2.25. The molecule has 2 amide bonds. The fraction of sp³-hybridized carbons (Fsp3) is 0.0667. The van der Waals surface area contributed by atoms with Gasteiger partial charge in [-0.1, -0.05) is 97.1 Å². The van der Waals surface area contributed by atoms with Gasteiger partial charge in [0.2, 0.25) is 5.91 Å². The van der Waals surface area contributed by atoms with Crippen LogP contribution in [0, 0.1) is 0 Å². The van der Waals surface area contributed by atoms with E-state index in [1.807, 2.05) is 97.1 Å². The molecule has 6 rings (SSSR count). The summed E-state index contributed by atoms with van der Waals surface area (Å²) in [5.41, 5.74) is 10.6. The molecule has 0 heterocycles. The second-order valence-corrected chi connectivity index (χ2v) is 8.70. The summed E-state index contributed by atoms with van der Waals surface area (Å²) in [6.07, 6.45) is 0. The van der Waals surface area contributed by atoms with Gasteiger partial charge < -0.3 is 11.1 Å². The summed E-state index contributed by atoms with van der Waals surface area (Å²) in [6, 6.07) is 32.8. The minimum atomic E-state index is -0.893. The van der Waals surface area contributed by atoms with Crippen LogP contribution in [-0.2, 0) is 4.79 Å². The lowest BCUT2D eigenvalue weighted by Crippen LogP contribution is -2.48. The molecule has 0 fully saturated rings. The predicted octanol–water partition coefficient (Wildman–Crippen LogP) is 5.39. The summed E-state index contributed by atoms with van der Waals surface area (Å²) in [5, 5.41) is 6.65. The molecule has 0 aromatic heterocycles. The molecule has 0 unspecified atom stereocenters. The molecule has 0 saturated carbocycles. The van der Waals surface area contributed by atoms with Crippen LogP contribution < -0.4 is 11.1 Å².